The molecule has 0 bridgehead atoms. The summed E-state index contributed by atoms with van der Waals surface area (Å²) in [6, 6.07) is 0. The summed E-state index contributed by atoms with van der Waals surface area (Å²) in [6.45, 7) is 5.52. The van der Waals surface area contributed by atoms with E-state index in [9.17, 15) is 9.59 Å². The van der Waals surface area contributed by atoms with Gasteiger partial charge in [0.15, 0.2) is 5.72 Å². The van der Waals surface area contributed by atoms with Crippen LogP contribution in [0.2, 0.25) is 0 Å². The first-order valence-electron chi connectivity index (χ1n) is 7.18. The van der Waals surface area contributed by atoms with E-state index in [2.05, 4.69) is 5.32 Å². The first kappa shape index (κ1) is 16.8. The Balaban J connectivity index is 2.21. The first-order chi connectivity index (χ1) is 9.20. The Morgan fingerprint density at radius 3 is 2.35 bits per heavy atom. The lowest BCUT2D eigenvalue weighted by Gasteiger charge is -2.32. The Morgan fingerprint density at radius 1 is 1.20 bits per heavy atom. The van der Waals surface area contributed by atoms with Crippen LogP contribution in [0.1, 0.15) is 59.3 Å². The van der Waals surface area contributed by atoms with Gasteiger partial charge in [-0.3, -0.25) is 10.5 Å². The molecule has 0 spiro atoms. The van der Waals surface area contributed by atoms with Crippen LogP contribution >= 0.6 is 0 Å². The van der Waals surface area contributed by atoms with Gasteiger partial charge in [0.2, 0.25) is 0 Å². The second-order valence-corrected chi connectivity index (χ2v) is 6.28. The molecule has 3 N–H and O–H groups in total. The fourth-order valence-electron chi connectivity index (χ4n) is 2.11. The minimum Gasteiger partial charge on any atom is -0.444 e. The highest BCUT2D eigenvalue weighted by molar-refractivity contribution is 5.72. The number of hydrogen-bond acceptors (Lipinski definition) is 5. The molecule has 0 atom stereocenters. The van der Waals surface area contributed by atoms with Gasteiger partial charge < -0.3 is 14.8 Å². The largest absolute Gasteiger partial charge is 0.444 e. The number of alkyl carbamates (subject to hydrolysis) is 1. The van der Waals surface area contributed by atoms with E-state index >= 15 is 0 Å². The summed E-state index contributed by atoms with van der Waals surface area (Å²) in [4.78, 5) is 23.1. The third kappa shape index (κ3) is 6.75. The van der Waals surface area contributed by atoms with Crippen molar-refractivity contribution in [2.45, 2.75) is 70.6 Å². The summed E-state index contributed by atoms with van der Waals surface area (Å²) >= 11 is 0. The monoisotopic (exact) mass is 286 g/mol. The highest BCUT2D eigenvalue weighted by Crippen LogP contribution is 2.27. The van der Waals surface area contributed by atoms with Crippen LogP contribution in [-0.2, 0) is 14.3 Å². The first-order valence-corrected chi connectivity index (χ1v) is 7.18. The molecule has 0 unspecified atom stereocenters. The van der Waals surface area contributed by atoms with Crippen LogP contribution in [0.3, 0.4) is 0 Å². The molecule has 0 aliphatic heterocycles. The summed E-state index contributed by atoms with van der Waals surface area (Å²) < 4.78 is 10.4. The van der Waals surface area contributed by atoms with Crippen LogP contribution in [0.25, 0.3) is 0 Å². The topological polar surface area (TPSA) is 90.6 Å². The van der Waals surface area contributed by atoms with Gasteiger partial charge in [-0.25, -0.2) is 4.79 Å². The second-order valence-electron chi connectivity index (χ2n) is 6.28. The number of esters is 1. The standard InChI is InChI=1S/C14H26N2O4/c1-13(2,3)20-12(18)16-10-7-11(17)19-14(15)8-5-4-6-9-14/h4-10,15H2,1-3H3,(H,16,18). The highest BCUT2D eigenvalue weighted by Gasteiger charge is 2.31. The minimum absolute atomic E-state index is 0.0954. The molecule has 1 aliphatic rings. The quantitative estimate of drug-likeness (QED) is 0.610. The van der Waals surface area contributed by atoms with Gasteiger partial charge in [0, 0.05) is 19.4 Å². The van der Waals surface area contributed by atoms with E-state index < -0.39 is 17.4 Å². The average molecular weight is 286 g/mol. The molecule has 0 aromatic heterocycles. The van der Waals surface area contributed by atoms with Crippen LogP contribution in [0.4, 0.5) is 4.79 Å². The van der Waals surface area contributed by atoms with E-state index in [-0.39, 0.29) is 18.9 Å². The normalized spacial score (nSPS) is 18.2. The summed E-state index contributed by atoms with van der Waals surface area (Å²) in [5, 5.41) is 2.52. The van der Waals surface area contributed by atoms with Crippen LogP contribution < -0.4 is 11.1 Å². The van der Waals surface area contributed by atoms with Gasteiger partial charge in [-0.2, -0.15) is 0 Å². The number of ether oxygens (including phenoxy) is 2. The Kier molecular flexibility index (Phi) is 5.80. The molecule has 1 fully saturated rings. The number of hydrogen-bond donors (Lipinski definition) is 2. The Labute approximate surface area is 120 Å². The molecule has 1 rings (SSSR count). The molecule has 1 amide bonds. The molecule has 6 heteroatoms. The zero-order valence-electron chi connectivity index (χ0n) is 12.7. The predicted molar refractivity (Wildman–Crippen MR) is 74.9 cm³/mol. The summed E-state index contributed by atoms with van der Waals surface area (Å²) in [6.07, 6.45) is 4.08. The Bertz CT molecular complexity index is 344. The summed E-state index contributed by atoms with van der Waals surface area (Å²) in [5.41, 5.74) is 4.65. The van der Waals surface area contributed by atoms with Crippen molar-refractivity contribution in [3.05, 3.63) is 0 Å². The maximum Gasteiger partial charge on any atom is 0.407 e. The maximum absolute atomic E-state index is 11.7. The molecule has 0 saturated heterocycles. The lowest BCUT2D eigenvalue weighted by Crippen LogP contribution is -2.46. The van der Waals surface area contributed by atoms with Crippen molar-refractivity contribution in [3.8, 4) is 0 Å². The zero-order valence-corrected chi connectivity index (χ0v) is 12.7. The lowest BCUT2D eigenvalue weighted by atomic mass is 9.92. The lowest BCUT2D eigenvalue weighted by molar-refractivity contribution is -0.162. The van der Waals surface area contributed by atoms with Crippen molar-refractivity contribution in [1.29, 1.82) is 0 Å². The van der Waals surface area contributed by atoms with E-state index in [1.807, 2.05) is 0 Å². The Hall–Kier alpha value is -1.30. The van der Waals surface area contributed by atoms with Gasteiger partial charge in [0.25, 0.3) is 0 Å². The van der Waals surface area contributed by atoms with E-state index in [1.54, 1.807) is 20.8 Å². The van der Waals surface area contributed by atoms with Gasteiger partial charge in [-0.15, -0.1) is 0 Å². The summed E-state index contributed by atoms with van der Waals surface area (Å²) in [7, 11) is 0. The van der Waals surface area contributed by atoms with Crippen molar-refractivity contribution in [1.82, 2.24) is 5.32 Å². The summed E-state index contributed by atoms with van der Waals surface area (Å²) in [5.74, 6) is -0.384. The van der Waals surface area contributed by atoms with E-state index in [0.29, 0.717) is 12.8 Å². The number of carbonyl (C=O) groups is 2. The van der Waals surface area contributed by atoms with Crippen molar-refractivity contribution < 1.29 is 19.1 Å². The third-order valence-electron chi connectivity index (χ3n) is 3.01. The molecule has 0 radical (unpaired) electrons. The van der Waals surface area contributed by atoms with Gasteiger partial charge in [0.1, 0.15) is 5.60 Å². The molecule has 0 heterocycles. The number of nitrogens with two attached hydrogens (primary N) is 1. The van der Waals surface area contributed by atoms with Crippen LogP contribution in [0, 0.1) is 0 Å². The van der Waals surface area contributed by atoms with Crippen molar-refractivity contribution >= 4 is 12.1 Å². The van der Waals surface area contributed by atoms with Crippen LogP contribution in [0.15, 0.2) is 0 Å². The van der Waals surface area contributed by atoms with E-state index in [0.717, 1.165) is 19.3 Å². The molecule has 1 aliphatic carbocycles. The smallest absolute Gasteiger partial charge is 0.407 e. The van der Waals surface area contributed by atoms with Gasteiger partial charge in [-0.05, 0) is 33.6 Å². The average Bonchev–Trinajstić information content (AvgIpc) is 2.26. The number of carbonyl (C=O) groups excluding carboxylic acids is 2. The fourth-order valence-corrected chi connectivity index (χ4v) is 2.11. The molecular formula is C14H26N2O4. The van der Waals surface area contributed by atoms with Gasteiger partial charge >= 0.3 is 12.1 Å². The minimum atomic E-state index is -0.818. The molecule has 0 aromatic carbocycles. The Morgan fingerprint density at radius 2 is 1.80 bits per heavy atom. The zero-order chi connectivity index (χ0) is 15.2. The number of amides is 1. The second kappa shape index (κ2) is 6.92. The molecule has 20 heavy (non-hydrogen) atoms. The van der Waals surface area contributed by atoms with E-state index in [1.165, 1.54) is 0 Å². The molecule has 116 valence electrons. The molecule has 1 saturated carbocycles. The number of nitrogens with one attached hydrogen (secondary N) is 1. The number of rotatable bonds is 4. The molecule has 6 nitrogen and oxygen atoms in total. The maximum atomic E-state index is 11.7. The predicted octanol–water partition coefficient (Wildman–Crippen LogP) is 2.06. The van der Waals surface area contributed by atoms with Crippen LogP contribution in [0.5, 0.6) is 0 Å². The van der Waals surface area contributed by atoms with Gasteiger partial charge in [-0.1, -0.05) is 6.42 Å². The molecular weight excluding hydrogens is 260 g/mol. The third-order valence-corrected chi connectivity index (χ3v) is 3.01. The molecule has 0 aromatic rings. The van der Waals surface area contributed by atoms with Crippen molar-refractivity contribution in [2.75, 3.05) is 6.54 Å². The highest BCUT2D eigenvalue weighted by atomic mass is 16.6. The van der Waals surface area contributed by atoms with Gasteiger partial charge in [0.05, 0.1) is 6.42 Å². The van der Waals surface area contributed by atoms with Crippen molar-refractivity contribution in [2.24, 2.45) is 5.73 Å². The fraction of sp³-hybridized carbons (Fsp3) is 0.857. The SMILES string of the molecule is CC(C)(C)OC(=O)NCCC(=O)OC1(N)CCCCC1. The van der Waals surface area contributed by atoms with E-state index in [4.69, 9.17) is 15.2 Å². The van der Waals surface area contributed by atoms with Crippen LogP contribution in [-0.4, -0.2) is 29.9 Å². The van der Waals surface area contributed by atoms with Crippen molar-refractivity contribution in [3.63, 3.8) is 0 Å².